The molecule has 0 aromatic carbocycles. The van der Waals surface area contributed by atoms with E-state index in [1.165, 1.54) is 11.1 Å². The second-order valence-corrected chi connectivity index (χ2v) is 5.09. The number of rotatable bonds is 7. The van der Waals surface area contributed by atoms with Crippen LogP contribution in [-0.4, -0.2) is 21.3 Å². The molecule has 2 heterocycles. The summed E-state index contributed by atoms with van der Waals surface area (Å²) in [6, 6.07) is 4.48. The fourth-order valence-corrected chi connectivity index (χ4v) is 2.40. The maximum atomic E-state index is 4.41. The van der Waals surface area contributed by atoms with Crippen molar-refractivity contribution in [3.05, 3.63) is 47.5 Å². The molecule has 0 spiro atoms. The van der Waals surface area contributed by atoms with E-state index in [4.69, 9.17) is 0 Å². The van der Waals surface area contributed by atoms with Crippen LogP contribution < -0.4 is 5.32 Å². The summed E-state index contributed by atoms with van der Waals surface area (Å²) in [7, 11) is 0. The lowest BCUT2D eigenvalue weighted by atomic mass is 9.99. The van der Waals surface area contributed by atoms with Crippen molar-refractivity contribution in [3.8, 4) is 0 Å². The van der Waals surface area contributed by atoms with Crippen molar-refractivity contribution in [2.45, 2.75) is 46.2 Å². The van der Waals surface area contributed by atoms with Gasteiger partial charge in [-0.3, -0.25) is 9.67 Å². The number of hydrogen-bond acceptors (Lipinski definition) is 3. The van der Waals surface area contributed by atoms with Crippen molar-refractivity contribution in [2.24, 2.45) is 0 Å². The minimum absolute atomic E-state index is 0.304. The molecule has 0 aliphatic rings. The van der Waals surface area contributed by atoms with E-state index in [-0.39, 0.29) is 0 Å². The van der Waals surface area contributed by atoms with Crippen LogP contribution in [0.4, 0.5) is 0 Å². The van der Waals surface area contributed by atoms with Gasteiger partial charge >= 0.3 is 0 Å². The van der Waals surface area contributed by atoms with Gasteiger partial charge in [-0.05, 0) is 50.4 Å². The highest BCUT2D eigenvalue weighted by molar-refractivity contribution is 5.24. The Morgan fingerprint density at radius 1 is 1.35 bits per heavy atom. The molecule has 0 aliphatic heterocycles. The molecule has 4 heteroatoms. The number of aromatic nitrogens is 3. The molecule has 4 nitrogen and oxygen atoms in total. The van der Waals surface area contributed by atoms with E-state index in [1.807, 2.05) is 23.1 Å². The highest BCUT2D eigenvalue weighted by Gasteiger charge is 2.15. The molecule has 1 unspecified atom stereocenters. The summed E-state index contributed by atoms with van der Waals surface area (Å²) < 4.78 is 1.97. The Bertz CT molecular complexity index is 533. The first-order chi connectivity index (χ1) is 9.74. The molecule has 0 radical (unpaired) electrons. The fourth-order valence-electron chi connectivity index (χ4n) is 2.40. The van der Waals surface area contributed by atoms with Crippen LogP contribution in [0.2, 0.25) is 0 Å². The predicted octanol–water partition coefficient (Wildman–Crippen LogP) is 2.89. The Morgan fingerprint density at radius 2 is 2.20 bits per heavy atom. The molecule has 1 N–H and O–H groups in total. The summed E-state index contributed by atoms with van der Waals surface area (Å²) >= 11 is 0. The summed E-state index contributed by atoms with van der Waals surface area (Å²) in [4.78, 5) is 4.41. The Hall–Kier alpha value is -1.68. The second kappa shape index (κ2) is 7.20. The Morgan fingerprint density at radius 3 is 2.85 bits per heavy atom. The summed E-state index contributed by atoms with van der Waals surface area (Å²) in [5.41, 5.74) is 3.65. The standard InChI is InChI=1S/C16H24N4/c1-4-8-18-16(15-7-6-9-17-13(15)3)10-14-11-19-20(5-2)12-14/h6-7,9,11-12,16,18H,4-5,8,10H2,1-3H3. The highest BCUT2D eigenvalue weighted by atomic mass is 15.3. The first-order valence-corrected chi connectivity index (χ1v) is 7.40. The van der Waals surface area contributed by atoms with Crippen LogP contribution in [0, 0.1) is 6.92 Å². The topological polar surface area (TPSA) is 42.7 Å². The molecule has 20 heavy (non-hydrogen) atoms. The monoisotopic (exact) mass is 272 g/mol. The van der Waals surface area contributed by atoms with Crippen LogP contribution in [-0.2, 0) is 13.0 Å². The highest BCUT2D eigenvalue weighted by Crippen LogP contribution is 2.20. The van der Waals surface area contributed by atoms with E-state index in [9.17, 15) is 0 Å². The summed E-state index contributed by atoms with van der Waals surface area (Å²) in [5, 5.41) is 7.98. The molecule has 2 rings (SSSR count). The summed E-state index contributed by atoms with van der Waals surface area (Å²) in [5.74, 6) is 0. The third-order valence-corrected chi connectivity index (χ3v) is 3.51. The number of nitrogens with one attached hydrogen (secondary N) is 1. The van der Waals surface area contributed by atoms with Crippen molar-refractivity contribution < 1.29 is 0 Å². The SMILES string of the molecule is CCCNC(Cc1cnn(CC)c1)c1cccnc1C. The molecular weight excluding hydrogens is 248 g/mol. The minimum atomic E-state index is 0.304. The van der Waals surface area contributed by atoms with Gasteiger partial charge in [0.1, 0.15) is 0 Å². The number of hydrogen-bond donors (Lipinski definition) is 1. The van der Waals surface area contributed by atoms with Gasteiger partial charge < -0.3 is 5.32 Å². The van der Waals surface area contributed by atoms with Crippen molar-refractivity contribution >= 4 is 0 Å². The predicted molar refractivity (Wildman–Crippen MR) is 81.6 cm³/mol. The normalized spacial score (nSPS) is 12.6. The molecule has 0 aliphatic carbocycles. The molecule has 1 atom stereocenters. The Balaban J connectivity index is 2.17. The van der Waals surface area contributed by atoms with Gasteiger partial charge in [-0.15, -0.1) is 0 Å². The minimum Gasteiger partial charge on any atom is -0.310 e. The summed E-state index contributed by atoms with van der Waals surface area (Å²) in [6.45, 7) is 8.30. The van der Waals surface area contributed by atoms with E-state index in [0.717, 1.165) is 31.6 Å². The third-order valence-electron chi connectivity index (χ3n) is 3.51. The van der Waals surface area contributed by atoms with Crippen LogP contribution in [0.15, 0.2) is 30.7 Å². The zero-order valence-corrected chi connectivity index (χ0v) is 12.6. The number of pyridine rings is 1. The van der Waals surface area contributed by atoms with Crippen LogP contribution in [0.25, 0.3) is 0 Å². The number of aryl methyl sites for hydroxylation is 2. The largest absolute Gasteiger partial charge is 0.310 e. The van der Waals surface area contributed by atoms with E-state index < -0.39 is 0 Å². The van der Waals surface area contributed by atoms with Crippen molar-refractivity contribution in [1.82, 2.24) is 20.1 Å². The van der Waals surface area contributed by atoms with E-state index >= 15 is 0 Å². The third kappa shape index (κ3) is 3.67. The van der Waals surface area contributed by atoms with Crippen LogP contribution in [0.3, 0.4) is 0 Å². The van der Waals surface area contributed by atoms with Gasteiger partial charge in [0.15, 0.2) is 0 Å². The van der Waals surface area contributed by atoms with Crippen LogP contribution in [0.5, 0.6) is 0 Å². The zero-order chi connectivity index (χ0) is 14.4. The van der Waals surface area contributed by atoms with Crippen LogP contribution >= 0.6 is 0 Å². The molecule has 0 bridgehead atoms. The lowest BCUT2D eigenvalue weighted by Gasteiger charge is -2.19. The second-order valence-electron chi connectivity index (χ2n) is 5.09. The molecule has 0 amide bonds. The van der Waals surface area contributed by atoms with Gasteiger partial charge in [0.2, 0.25) is 0 Å². The van der Waals surface area contributed by atoms with Gasteiger partial charge in [0, 0.05) is 30.7 Å². The van der Waals surface area contributed by atoms with Crippen LogP contribution in [0.1, 0.15) is 43.1 Å². The number of nitrogens with zero attached hydrogens (tertiary/aromatic N) is 3. The Kier molecular flexibility index (Phi) is 5.30. The first kappa shape index (κ1) is 14.7. The van der Waals surface area contributed by atoms with Crippen molar-refractivity contribution in [3.63, 3.8) is 0 Å². The average Bonchev–Trinajstić information content (AvgIpc) is 2.92. The molecule has 0 saturated carbocycles. The van der Waals surface area contributed by atoms with Gasteiger partial charge in [-0.1, -0.05) is 13.0 Å². The smallest absolute Gasteiger partial charge is 0.0522 e. The van der Waals surface area contributed by atoms with E-state index in [1.54, 1.807) is 0 Å². The van der Waals surface area contributed by atoms with Crippen molar-refractivity contribution in [2.75, 3.05) is 6.54 Å². The lowest BCUT2D eigenvalue weighted by Crippen LogP contribution is -2.25. The average molecular weight is 272 g/mol. The fraction of sp³-hybridized carbons (Fsp3) is 0.500. The summed E-state index contributed by atoms with van der Waals surface area (Å²) in [6.07, 6.45) is 8.03. The Labute approximate surface area is 121 Å². The maximum absolute atomic E-state index is 4.41. The van der Waals surface area contributed by atoms with Gasteiger partial charge in [0.25, 0.3) is 0 Å². The molecule has 0 saturated heterocycles. The van der Waals surface area contributed by atoms with Gasteiger partial charge in [0.05, 0.1) is 6.20 Å². The van der Waals surface area contributed by atoms with Crippen molar-refractivity contribution in [1.29, 1.82) is 0 Å². The lowest BCUT2D eigenvalue weighted by molar-refractivity contribution is 0.525. The van der Waals surface area contributed by atoms with Gasteiger partial charge in [-0.2, -0.15) is 5.10 Å². The zero-order valence-electron chi connectivity index (χ0n) is 12.6. The van der Waals surface area contributed by atoms with E-state index in [0.29, 0.717) is 6.04 Å². The molecule has 2 aromatic rings. The van der Waals surface area contributed by atoms with Gasteiger partial charge in [-0.25, -0.2) is 0 Å². The van der Waals surface area contributed by atoms with E-state index in [2.05, 4.69) is 48.4 Å². The molecular formula is C16H24N4. The maximum Gasteiger partial charge on any atom is 0.0522 e. The quantitative estimate of drug-likeness (QED) is 0.842. The molecule has 0 fully saturated rings. The molecule has 2 aromatic heterocycles. The molecule has 108 valence electrons. The first-order valence-electron chi connectivity index (χ1n) is 7.40.